The van der Waals surface area contributed by atoms with E-state index in [2.05, 4.69) is 97.8 Å². The number of carbonyl (C=O) groups is 3. The molecule has 0 atom stereocenters. The Kier molecular flexibility index (Phi) is 14.5. The molecule has 0 saturated heterocycles. The van der Waals surface area contributed by atoms with E-state index in [9.17, 15) is 19.5 Å². The SMILES string of the molecule is CC(=O)CC(=O)C(=O)[O-].[C]=O.[Rh+].c1ccc(P(c2ccccc2)c2ccccc2)cc1. The number of carbonyl (C=O) groups excluding carboxylic acids is 4. The minimum Gasteiger partial charge on any atom is -0.542 e. The van der Waals surface area contributed by atoms with Gasteiger partial charge in [-0.2, -0.15) is 0 Å². The fraction of sp³-hybridized carbons (Fsp3) is 0.0833. The summed E-state index contributed by atoms with van der Waals surface area (Å²) >= 11 is 0. The Bertz CT molecular complexity index is 840. The van der Waals surface area contributed by atoms with Gasteiger partial charge >= 0.3 is 19.5 Å². The molecule has 0 aromatic heterocycles. The molecule has 0 aliphatic rings. The summed E-state index contributed by atoms with van der Waals surface area (Å²) in [4.78, 5) is 37.2. The van der Waals surface area contributed by atoms with Gasteiger partial charge in [0.1, 0.15) is 11.8 Å². The monoisotopic (exact) mass is 522 g/mol. The van der Waals surface area contributed by atoms with Crippen LogP contribution in [0.2, 0.25) is 0 Å². The Hall–Kier alpha value is -2.81. The van der Waals surface area contributed by atoms with Crippen LogP contribution >= 0.6 is 7.92 Å². The number of rotatable bonds is 6. The van der Waals surface area contributed by atoms with Crippen LogP contribution in [0.3, 0.4) is 0 Å². The summed E-state index contributed by atoms with van der Waals surface area (Å²) in [5.74, 6) is -3.43. The Morgan fingerprint density at radius 1 is 0.710 bits per heavy atom. The quantitative estimate of drug-likeness (QED) is 0.211. The van der Waals surface area contributed by atoms with Gasteiger partial charge in [-0.3, -0.25) is 14.4 Å². The Morgan fingerprint density at radius 2 is 1.00 bits per heavy atom. The summed E-state index contributed by atoms with van der Waals surface area (Å²) in [6.45, 7) is 5.64. The van der Waals surface area contributed by atoms with Crippen LogP contribution < -0.4 is 21.0 Å². The van der Waals surface area contributed by atoms with E-state index in [0.29, 0.717) is 0 Å². The van der Waals surface area contributed by atoms with Crippen LogP contribution in [0.15, 0.2) is 91.0 Å². The topological polar surface area (TPSA) is 91.3 Å². The second-order valence-electron chi connectivity index (χ2n) is 5.93. The van der Waals surface area contributed by atoms with Gasteiger partial charge in [0.05, 0.1) is 6.42 Å². The molecule has 3 rings (SSSR count). The number of Topliss-reactive ketones (excluding diaryl/α,β-unsaturated/α-hetero) is 2. The third kappa shape index (κ3) is 10.2. The molecule has 0 spiro atoms. The largest absolute Gasteiger partial charge is 1.00 e. The van der Waals surface area contributed by atoms with E-state index in [1.54, 1.807) is 0 Å². The predicted octanol–water partition coefficient (Wildman–Crippen LogP) is 1.33. The first-order chi connectivity index (χ1) is 14.5. The summed E-state index contributed by atoms with van der Waals surface area (Å²) in [5.41, 5.74) is 0. The molecule has 0 heterocycles. The molecule has 0 N–H and O–H groups in total. The molecule has 0 amide bonds. The van der Waals surface area contributed by atoms with Gasteiger partial charge in [0.15, 0.2) is 5.78 Å². The molecule has 2 radical (unpaired) electrons. The van der Waals surface area contributed by atoms with Crippen LogP contribution in [0.25, 0.3) is 0 Å². The maximum Gasteiger partial charge on any atom is 1.00 e. The van der Waals surface area contributed by atoms with Crippen LogP contribution in [0.4, 0.5) is 0 Å². The molecule has 3 aromatic carbocycles. The summed E-state index contributed by atoms with van der Waals surface area (Å²) < 4.78 is 0. The zero-order valence-electron chi connectivity index (χ0n) is 16.7. The Balaban J connectivity index is 0.000000644. The number of hydrogen-bond donors (Lipinski definition) is 0. The molecule has 0 fully saturated rings. The van der Waals surface area contributed by atoms with Crippen molar-refractivity contribution in [2.75, 3.05) is 0 Å². The number of carboxylic acid groups (broad SMARTS) is 1. The van der Waals surface area contributed by atoms with Crippen molar-refractivity contribution in [3.8, 4) is 0 Å². The van der Waals surface area contributed by atoms with Gasteiger partial charge in [-0.25, -0.2) is 0 Å². The van der Waals surface area contributed by atoms with Crippen molar-refractivity contribution < 1.29 is 43.8 Å². The molecule has 0 saturated carbocycles. The normalized spacial score (nSPS) is 9.10. The maximum absolute atomic E-state index is 10.1. The summed E-state index contributed by atoms with van der Waals surface area (Å²) in [7, 11) is -0.446. The van der Waals surface area contributed by atoms with Crippen molar-refractivity contribution in [1.82, 2.24) is 0 Å². The summed E-state index contributed by atoms with van der Waals surface area (Å²) in [6.07, 6.45) is -0.567. The van der Waals surface area contributed by atoms with Gasteiger partial charge in [-0.15, -0.1) is 0 Å². The van der Waals surface area contributed by atoms with Gasteiger partial charge in [0.2, 0.25) is 0 Å². The third-order valence-corrected chi connectivity index (χ3v) is 6.12. The summed E-state index contributed by atoms with van der Waals surface area (Å²) in [5, 5.41) is 13.8. The molecule has 3 aromatic rings. The average molecular weight is 522 g/mol. The minimum atomic E-state index is -1.80. The smallest absolute Gasteiger partial charge is 0.542 e. The Morgan fingerprint density at radius 3 is 1.19 bits per heavy atom. The van der Waals surface area contributed by atoms with Gasteiger partial charge in [0.25, 0.3) is 6.79 Å². The van der Waals surface area contributed by atoms with E-state index in [4.69, 9.17) is 4.79 Å². The van der Waals surface area contributed by atoms with Crippen molar-refractivity contribution in [3.63, 3.8) is 0 Å². The molecule has 0 aliphatic carbocycles. The van der Waals surface area contributed by atoms with Gasteiger partial charge < -0.3 is 9.90 Å². The van der Waals surface area contributed by atoms with E-state index >= 15 is 0 Å². The Labute approximate surface area is 196 Å². The fourth-order valence-corrected chi connectivity index (χ4v) is 4.78. The zero-order chi connectivity index (χ0) is 22.4. The number of benzene rings is 3. The van der Waals surface area contributed by atoms with Crippen molar-refractivity contribution in [2.45, 2.75) is 13.3 Å². The molecule has 7 heteroatoms. The summed E-state index contributed by atoms with van der Waals surface area (Å²) in [6, 6.07) is 32.3. The van der Waals surface area contributed by atoms with Gasteiger partial charge in [-0.05, 0) is 30.8 Å². The van der Waals surface area contributed by atoms with Crippen molar-refractivity contribution in [3.05, 3.63) is 91.0 Å². The second-order valence-corrected chi connectivity index (χ2v) is 8.15. The van der Waals surface area contributed by atoms with Gasteiger partial charge in [-0.1, -0.05) is 91.0 Å². The van der Waals surface area contributed by atoms with Crippen LogP contribution in [-0.2, 0) is 38.7 Å². The van der Waals surface area contributed by atoms with Crippen LogP contribution in [0.1, 0.15) is 13.3 Å². The number of carboxylic acids is 1. The van der Waals surface area contributed by atoms with E-state index in [-0.39, 0.29) is 19.5 Å². The van der Waals surface area contributed by atoms with E-state index in [1.807, 2.05) is 0 Å². The zero-order valence-corrected chi connectivity index (χ0v) is 19.2. The van der Waals surface area contributed by atoms with Gasteiger partial charge in [0, 0.05) is 0 Å². The molecule has 5 nitrogen and oxygen atoms in total. The minimum absolute atomic E-state index is 0. The van der Waals surface area contributed by atoms with Crippen LogP contribution in [-0.4, -0.2) is 24.3 Å². The second kappa shape index (κ2) is 16.0. The van der Waals surface area contributed by atoms with Crippen molar-refractivity contribution >= 4 is 48.2 Å². The van der Waals surface area contributed by atoms with E-state index in [0.717, 1.165) is 6.92 Å². The predicted molar refractivity (Wildman–Crippen MR) is 116 cm³/mol. The molecule has 0 aliphatic heterocycles. The fourth-order valence-electron chi connectivity index (χ4n) is 2.48. The molecule has 160 valence electrons. The van der Waals surface area contributed by atoms with Crippen LogP contribution in [0, 0.1) is 0 Å². The molecule has 31 heavy (non-hydrogen) atoms. The van der Waals surface area contributed by atoms with Crippen molar-refractivity contribution in [2.24, 2.45) is 0 Å². The number of aliphatic carboxylic acids is 1. The number of ketones is 2. The first-order valence-electron chi connectivity index (χ1n) is 8.88. The molecule has 0 bridgehead atoms. The maximum atomic E-state index is 10.1. The molecular formula is C24H20O5PRh. The van der Waals surface area contributed by atoms with E-state index in [1.165, 1.54) is 15.9 Å². The standard InChI is InChI=1S/C18H15P.C5H6O4.CO.Rh/c1-4-10-16(11-5-1)19(17-12-6-2-7-13-17)18-14-8-3-9-15-18;1-3(6)2-4(7)5(8)9;1-2;/h1-15H;2H2,1H3,(H,8,9);;/q;;;+1/p-1. The number of hydrogen-bond acceptors (Lipinski definition) is 5. The first kappa shape index (κ1) is 28.2. The average Bonchev–Trinajstić information content (AvgIpc) is 2.78. The van der Waals surface area contributed by atoms with E-state index < -0.39 is 31.9 Å². The third-order valence-electron chi connectivity index (χ3n) is 3.68. The molecular weight excluding hydrogens is 502 g/mol. The first-order valence-corrected chi connectivity index (χ1v) is 10.2. The van der Waals surface area contributed by atoms with Crippen molar-refractivity contribution in [1.29, 1.82) is 0 Å². The van der Waals surface area contributed by atoms with Crippen LogP contribution in [0.5, 0.6) is 0 Å². The molecule has 0 unspecified atom stereocenters.